The third kappa shape index (κ3) is 5.95. The van der Waals surface area contributed by atoms with Crippen LogP contribution in [0.2, 0.25) is 0 Å². The number of urea groups is 1. The summed E-state index contributed by atoms with van der Waals surface area (Å²) in [5, 5.41) is 9.14. The zero-order valence-corrected chi connectivity index (χ0v) is 16.2. The Morgan fingerprint density at radius 1 is 1.07 bits per heavy atom. The van der Waals surface area contributed by atoms with Crippen molar-refractivity contribution in [3.63, 3.8) is 0 Å². The van der Waals surface area contributed by atoms with E-state index in [1.807, 2.05) is 53.2 Å². The molecule has 0 aliphatic rings. The van der Waals surface area contributed by atoms with Gasteiger partial charge >= 0.3 is 12.4 Å². The number of hydrogen-bond acceptors (Lipinski definition) is 4. The van der Waals surface area contributed by atoms with E-state index < -0.39 is 18.1 Å². The number of nitrogens with two attached hydrogens (primary N) is 1. The number of halogens is 3. The first-order valence-electron chi connectivity index (χ1n) is 8.61. The summed E-state index contributed by atoms with van der Waals surface area (Å²) in [5.74, 6) is -0.416. The SMILES string of the molecule is NC(=O)N(/N=C(/C=C/c1ccsc1)c1ccccc1)c1ccc(OC(F)(F)F)cc1. The maximum atomic E-state index is 12.4. The van der Waals surface area contributed by atoms with Crippen LogP contribution >= 0.6 is 11.3 Å². The quantitative estimate of drug-likeness (QED) is 0.405. The molecule has 0 fully saturated rings. The number of alkyl halides is 3. The molecule has 1 aromatic heterocycles. The van der Waals surface area contributed by atoms with Crippen LogP contribution in [0.3, 0.4) is 0 Å². The van der Waals surface area contributed by atoms with Crippen LogP contribution < -0.4 is 15.5 Å². The summed E-state index contributed by atoms with van der Waals surface area (Å²) >= 11 is 1.54. The molecule has 2 aromatic carbocycles. The molecule has 0 aliphatic carbocycles. The van der Waals surface area contributed by atoms with Gasteiger partial charge in [-0.25, -0.2) is 4.79 Å². The lowest BCUT2D eigenvalue weighted by molar-refractivity contribution is -0.274. The number of nitrogens with zero attached hydrogens (tertiary/aromatic N) is 2. The van der Waals surface area contributed by atoms with Crippen LogP contribution in [-0.2, 0) is 0 Å². The Morgan fingerprint density at radius 3 is 2.33 bits per heavy atom. The van der Waals surface area contributed by atoms with Gasteiger partial charge in [0.25, 0.3) is 0 Å². The lowest BCUT2D eigenvalue weighted by Gasteiger charge is -2.17. The molecule has 5 nitrogen and oxygen atoms in total. The molecule has 0 saturated carbocycles. The predicted molar refractivity (Wildman–Crippen MR) is 112 cm³/mol. The van der Waals surface area contributed by atoms with Gasteiger partial charge in [0.1, 0.15) is 5.75 Å². The Hall–Kier alpha value is -3.59. The predicted octanol–water partition coefficient (Wildman–Crippen LogP) is 5.65. The molecule has 0 atom stereocenters. The van der Waals surface area contributed by atoms with Crippen molar-refractivity contribution < 1.29 is 22.7 Å². The van der Waals surface area contributed by atoms with E-state index in [-0.39, 0.29) is 5.69 Å². The lowest BCUT2D eigenvalue weighted by Crippen LogP contribution is -2.32. The van der Waals surface area contributed by atoms with Gasteiger partial charge in [0.2, 0.25) is 0 Å². The molecule has 0 aliphatic heterocycles. The van der Waals surface area contributed by atoms with Gasteiger partial charge in [-0.05, 0) is 52.7 Å². The average molecular weight is 431 g/mol. The highest BCUT2D eigenvalue weighted by Crippen LogP contribution is 2.26. The zero-order chi connectivity index (χ0) is 21.6. The van der Waals surface area contributed by atoms with E-state index in [1.54, 1.807) is 17.4 Å². The molecule has 1 heterocycles. The normalized spacial score (nSPS) is 12.2. The second-order valence-corrected chi connectivity index (χ2v) is 6.71. The highest BCUT2D eigenvalue weighted by Gasteiger charge is 2.31. The lowest BCUT2D eigenvalue weighted by atomic mass is 10.1. The molecule has 0 saturated heterocycles. The van der Waals surface area contributed by atoms with Gasteiger partial charge < -0.3 is 10.5 Å². The Labute approximate surface area is 174 Å². The maximum Gasteiger partial charge on any atom is 0.573 e. The van der Waals surface area contributed by atoms with E-state index in [0.29, 0.717) is 5.71 Å². The van der Waals surface area contributed by atoms with Gasteiger partial charge in [-0.15, -0.1) is 13.2 Å². The second-order valence-electron chi connectivity index (χ2n) is 5.93. The summed E-state index contributed by atoms with van der Waals surface area (Å²) in [4.78, 5) is 12.0. The van der Waals surface area contributed by atoms with E-state index in [9.17, 15) is 18.0 Å². The number of ether oxygens (including phenoxy) is 1. The number of rotatable bonds is 6. The van der Waals surface area contributed by atoms with Crippen molar-refractivity contribution in [3.8, 4) is 5.75 Å². The highest BCUT2D eigenvalue weighted by atomic mass is 32.1. The Balaban J connectivity index is 1.96. The molecule has 0 radical (unpaired) electrons. The number of benzene rings is 2. The summed E-state index contributed by atoms with van der Waals surface area (Å²) in [7, 11) is 0. The average Bonchev–Trinajstić information content (AvgIpc) is 3.22. The molecule has 30 heavy (non-hydrogen) atoms. The van der Waals surface area contributed by atoms with Gasteiger partial charge in [-0.1, -0.05) is 36.4 Å². The van der Waals surface area contributed by atoms with Crippen LogP contribution in [0.5, 0.6) is 5.75 Å². The fourth-order valence-corrected chi connectivity index (χ4v) is 3.10. The minimum atomic E-state index is -4.81. The molecule has 3 rings (SSSR count). The number of anilines is 1. The van der Waals surface area contributed by atoms with Crippen molar-refractivity contribution in [2.45, 2.75) is 6.36 Å². The Morgan fingerprint density at radius 2 is 1.77 bits per heavy atom. The largest absolute Gasteiger partial charge is 0.573 e. The Kier molecular flexibility index (Phi) is 6.53. The van der Waals surface area contributed by atoms with Crippen molar-refractivity contribution in [1.82, 2.24) is 0 Å². The zero-order valence-electron chi connectivity index (χ0n) is 15.4. The van der Waals surface area contributed by atoms with Crippen molar-refractivity contribution in [2.75, 3.05) is 5.01 Å². The fraction of sp³-hybridized carbons (Fsp3) is 0.0476. The minimum absolute atomic E-state index is 0.189. The van der Waals surface area contributed by atoms with Crippen LogP contribution in [0.1, 0.15) is 11.1 Å². The molecule has 2 N–H and O–H groups in total. The number of carbonyl (C=O) groups is 1. The third-order valence-corrected chi connectivity index (χ3v) is 4.48. The van der Waals surface area contributed by atoms with E-state index in [4.69, 9.17) is 5.73 Å². The van der Waals surface area contributed by atoms with E-state index in [0.717, 1.165) is 28.3 Å². The number of primary amides is 1. The van der Waals surface area contributed by atoms with Crippen LogP contribution in [0.4, 0.5) is 23.7 Å². The van der Waals surface area contributed by atoms with Crippen molar-refractivity contribution >= 4 is 34.8 Å². The number of allylic oxidation sites excluding steroid dienone is 1. The standard InChI is InChI=1S/C21H16F3N3O2S/c22-21(23,24)29-18-9-7-17(8-10-18)27(20(25)28)26-19(16-4-2-1-3-5-16)11-6-15-12-13-30-14-15/h1-14H,(H2,25,28)/b11-6+,26-19-. The minimum Gasteiger partial charge on any atom is -0.406 e. The van der Waals surface area contributed by atoms with Gasteiger partial charge in [-0.2, -0.15) is 21.4 Å². The molecule has 0 unspecified atom stereocenters. The third-order valence-electron chi connectivity index (χ3n) is 3.78. The van der Waals surface area contributed by atoms with Crippen LogP contribution in [-0.4, -0.2) is 18.1 Å². The number of carbonyl (C=O) groups excluding carboxylic acids is 1. The Bertz CT molecular complexity index is 1030. The summed E-state index contributed by atoms with van der Waals surface area (Å²) < 4.78 is 40.9. The molecular weight excluding hydrogens is 415 g/mol. The van der Waals surface area contributed by atoms with Gasteiger partial charge in [-0.3, -0.25) is 0 Å². The molecule has 9 heteroatoms. The number of hydrogen-bond donors (Lipinski definition) is 1. The smallest absolute Gasteiger partial charge is 0.406 e. The van der Waals surface area contributed by atoms with E-state index in [1.165, 1.54) is 12.1 Å². The van der Waals surface area contributed by atoms with Crippen LogP contribution in [0, 0.1) is 0 Å². The summed E-state index contributed by atoms with van der Waals surface area (Å²) in [6.07, 6.45) is -1.24. The number of hydrazone groups is 1. The second kappa shape index (κ2) is 9.27. The van der Waals surface area contributed by atoms with Crippen molar-refractivity contribution in [2.24, 2.45) is 10.8 Å². The van der Waals surface area contributed by atoms with Gasteiger partial charge in [0, 0.05) is 5.56 Å². The molecule has 0 spiro atoms. The topological polar surface area (TPSA) is 67.9 Å². The maximum absolute atomic E-state index is 12.4. The van der Waals surface area contributed by atoms with E-state index in [2.05, 4.69) is 9.84 Å². The van der Waals surface area contributed by atoms with Crippen molar-refractivity contribution in [3.05, 3.63) is 88.6 Å². The number of thiophene rings is 1. The highest BCUT2D eigenvalue weighted by molar-refractivity contribution is 7.08. The van der Waals surface area contributed by atoms with E-state index >= 15 is 0 Å². The molecule has 0 bridgehead atoms. The first kappa shape index (κ1) is 21.1. The fourth-order valence-electron chi connectivity index (χ4n) is 2.47. The molecule has 154 valence electrons. The molecule has 2 amide bonds. The molecule has 3 aromatic rings. The summed E-state index contributed by atoms with van der Waals surface area (Å²) in [6.45, 7) is 0. The van der Waals surface area contributed by atoms with Gasteiger partial charge in [0.05, 0.1) is 11.4 Å². The first-order chi connectivity index (χ1) is 14.3. The number of amides is 2. The molecular formula is C21H16F3N3O2S. The van der Waals surface area contributed by atoms with Crippen LogP contribution in [0.25, 0.3) is 6.08 Å². The first-order valence-corrected chi connectivity index (χ1v) is 9.56. The monoisotopic (exact) mass is 431 g/mol. The van der Waals surface area contributed by atoms with Crippen molar-refractivity contribution in [1.29, 1.82) is 0 Å². The summed E-state index contributed by atoms with van der Waals surface area (Å²) in [6, 6.07) is 14.8. The van der Waals surface area contributed by atoms with Gasteiger partial charge in [0.15, 0.2) is 0 Å². The van der Waals surface area contributed by atoms with Crippen LogP contribution in [0.15, 0.2) is 82.6 Å². The summed E-state index contributed by atoms with van der Waals surface area (Å²) in [5.41, 5.74) is 7.79.